The predicted molar refractivity (Wildman–Crippen MR) is 106 cm³/mol. The van der Waals surface area contributed by atoms with Gasteiger partial charge in [0.1, 0.15) is 0 Å². The number of nitro benzene ring substituents is 1. The van der Waals surface area contributed by atoms with Gasteiger partial charge in [0.2, 0.25) is 0 Å². The van der Waals surface area contributed by atoms with Gasteiger partial charge in [-0.2, -0.15) is 9.61 Å². The smallest absolute Gasteiger partial charge is 0.285 e. The van der Waals surface area contributed by atoms with Gasteiger partial charge in [-0.1, -0.05) is 53.7 Å². The van der Waals surface area contributed by atoms with Gasteiger partial charge in [0.05, 0.1) is 11.1 Å². The normalized spacial score (nSPS) is 11.0. The highest BCUT2D eigenvalue weighted by Crippen LogP contribution is 2.25. The first kappa shape index (κ1) is 17.9. The van der Waals surface area contributed by atoms with Crippen molar-refractivity contribution in [1.82, 2.24) is 19.6 Å². The van der Waals surface area contributed by atoms with Gasteiger partial charge in [-0.15, -0.1) is 0 Å². The first-order chi connectivity index (χ1) is 13.5. The lowest BCUT2D eigenvalue weighted by molar-refractivity contribution is -0.384. The molecule has 28 heavy (non-hydrogen) atoms. The third-order valence-corrected chi connectivity index (χ3v) is 5.19. The number of nitrogens with one attached hydrogen (secondary N) is 1. The summed E-state index contributed by atoms with van der Waals surface area (Å²) in [5.41, 5.74) is 3.92. The lowest BCUT2D eigenvalue weighted by Crippen LogP contribution is -2.19. The first-order valence-corrected chi connectivity index (χ1v) is 9.41. The quantitative estimate of drug-likeness (QED) is 0.315. The third kappa shape index (κ3) is 3.52. The van der Waals surface area contributed by atoms with Gasteiger partial charge in [0, 0.05) is 23.4 Å². The van der Waals surface area contributed by atoms with E-state index in [2.05, 4.69) is 15.1 Å². The Morgan fingerprint density at radius 1 is 1.14 bits per heavy atom. The Morgan fingerprint density at radius 2 is 1.86 bits per heavy atom. The van der Waals surface area contributed by atoms with Gasteiger partial charge in [0.25, 0.3) is 5.69 Å². The van der Waals surface area contributed by atoms with Crippen LogP contribution in [0.5, 0.6) is 0 Å². The SMILES string of the molecule is Cc1ccc(-c2cnn3c(=O)[nH]c(SCc4ccc([N+](=O)[O-])cc4)nc23)cc1. The lowest BCUT2D eigenvalue weighted by atomic mass is 10.1. The maximum absolute atomic E-state index is 12.3. The second kappa shape index (κ2) is 7.28. The Bertz CT molecular complexity index is 1210. The molecular weight excluding hydrogens is 378 g/mol. The van der Waals surface area contributed by atoms with Crippen LogP contribution in [0.1, 0.15) is 11.1 Å². The van der Waals surface area contributed by atoms with Gasteiger partial charge in [-0.25, -0.2) is 9.78 Å². The number of thioether (sulfide) groups is 1. The highest BCUT2D eigenvalue weighted by Gasteiger charge is 2.12. The Morgan fingerprint density at radius 3 is 2.54 bits per heavy atom. The fourth-order valence-corrected chi connectivity index (χ4v) is 3.54. The van der Waals surface area contributed by atoms with Crippen LogP contribution in [0.2, 0.25) is 0 Å². The van der Waals surface area contributed by atoms with Crippen LogP contribution in [0.15, 0.2) is 64.7 Å². The number of H-pyrrole nitrogens is 1. The van der Waals surface area contributed by atoms with Crippen LogP contribution in [-0.4, -0.2) is 24.5 Å². The second-order valence-corrected chi connectivity index (χ2v) is 7.18. The number of nitro groups is 1. The highest BCUT2D eigenvalue weighted by atomic mass is 32.2. The summed E-state index contributed by atoms with van der Waals surface area (Å²) < 4.78 is 1.24. The molecule has 0 fully saturated rings. The van der Waals surface area contributed by atoms with Crippen LogP contribution in [0.4, 0.5) is 5.69 Å². The molecule has 0 bridgehead atoms. The number of hydrogen-bond acceptors (Lipinski definition) is 6. The average molecular weight is 393 g/mol. The first-order valence-electron chi connectivity index (χ1n) is 8.42. The van der Waals surface area contributed by atoms with Crippen molar-refractivity contribution in [2.24, 2.45) is 0 Å². The summed E-state index contributed by atoms with van der Waals surface area (Å²) in [6.45, 7) is 2.01. The molecule has 0 aliphatic heterocycles. The minimum Gasteiger partial charge on any atom is -0.285 e. The Hall–Kier alpha value is -3.46. The van der Waals surface area contributed by atoms with Gasteiger partial charge in [-0.3, -0.25) is 15.1 Å². The fraction of sp³-hybridized carbons (Fsp3) is 0.105. The molecule has 9 heteroatoms. The molecule has 0 atom stereocenters. The van der Waals surface area contributed by atoms with E-state index in [0.29, 0.717) is 16.6 Å². The highest BCUT2D eigenvalue weighted by molar-refractivity contribution is 7.98. The van der Waals surface area contributed by atoms with Gasteiger partial charge in [0.15, 0.2) is 10.8 Å². The minimum atomic E-state index is -0.434. The Kier molecular flexibility index (Phi) is 4.66. The number of nitrogens with zero attached hydrogens (tertiary/aromatic N) is 4. The Labute approximate surface area is 163 Å². The number of fused-ring (bicyclic) bond motifs is 1. The van der Waals surface area contributed by atoms with Gasteiger partial charge in [-0.05, 0) is 18.1 Å². The maximum Gasteiger partial charge on any atom is 0.350 e. The Balaban J connectivity index is 1.62. The zero-order valence-electron chi connectivity index (χ0n) is 14.8. The van der Waals surface area contributed by atoms with E-state index >= 15 is 0 Å². The monoisotopic (exact) mass is 393 g/mol. The van der Waals surface area contributed by atoms with Gasteiger partial charge < -0.3 is 0 Å². The van der Waals surface area contributed by atoms with E-state index in [1.54, 1.807) is 18.3 Å². The van der Waals surface area contributed by atoms with Crippen LogP contribution < -0.4 is 5.69 Å². The third-order valence-electron chi connectivity index (χ3n) is 4.24. The fourth-order valence-electron chi connectivity index (χ4n) is 2.74. The van der Waals surface area contributed by atoms with E-state index in [1.807, 2.05) is 31.2 Å². The van der Waals surface area contributed by atoms with E-state index in [-0.39, 0.29) is 11.4 Å². The summed E-state index contributed by atoms with van der Waals surface area (Å²) in [4.78, 5) is 29.9. The molecule has 4 rings (SSSR count). The molecule has 0 saturated heterocycles. The molecule has 0 radical (unpaired) electrons. The number of non-ortho nitro benzene ring substituents is 1. The second-order valence-electron chi connectivity index (χ2n) is 6.22. The van der Waals surface area contributed by atoms with Crippen molar-refractivity contribution < 1.29 is 4.92 Å². The standard InChI is InChI=1S/C19H15N5O3S/c1-12-2-6-14(7-3-12)16-10-20-23-17(16)21-18(22-19(23)25)28-11-13-4-8-15(9-5-13)24(26)27/h2-10H,11H2,1H3,(H,21,22,25). The van der Waals surface area contributed by atoms with E-state index < -0.39 is 4.92 Å². The van der Waals surface area contributed by atoms with Crippen molar-refractivity contribution in [3.63, 3.8) is 0 Å². The number of hydrogen-bond donors (Lipinski definition) is 1. The van der Waals surface area contributed by atoms with Crippen molar-refractivity contribution >= 4 is 23.1 Å². The molecule has 0 amide bonds. The van der Waals surface area contributed by atoms with Crippen molar-refractivity contribution in [2.45, 2.75) is 17.8 Å². The predicted octanol–water partition coefficient (Wildman–Crippen LogP) is 3.59. The van der Waals surface area contributed by atoms with Crippen molar-refractivity contribution in [1.29, 1.82) is 0 Å². The summed E-state index contributed by atoms with van der Waals surface area (Å²) >= 11 is 1.35. The number of rotatable bonds is 5. The van der Waals surface area contributed by atoms with Crippen LogP contribution >= 0.6 is 11.8 Å². The average Bonchev–Trinajstić information content (AvgIpc) is 3.12. The minimum absolute atomic E-state index is 0.0451. The summed E-state index contributed by atoms with van der Waals surface area (Å²) in [5, 5.41) is 15.3. The summed E-state index contributed by atoms with van der Waals surface area (Å²) in [7, 11) is 0. The van der Waals surface area contributed by atoms with Crippen molar-refractivity contribution in [2.75, 3.05) is 0 Å². The molecule has 0 aliphatic carbocycles. The van der Waals surface area contributed by atoms with Crippen molar-refractivity contribution in [3.05, 3.63) is 86.5 Å². The molecule has 1 N–H and O–H groups in total. The number of aryl methyl sites for hydroxylation is 1. The van der Waals surface area contributed by atoms with Crippen LogP contribution in [0, 0.1) is 17.0 Å². The largest absolute Gasteiger partial charge is 0.350 e. The number of benzene rings is 2. The van der Waals surface area contributed by atoms with Gasteiger partial charge >= 0.3 is 5.69 Å². The molecule has 0 unspecified atom stereocenters. The van der Waals surface area contributed by atoms with E-state index in [0.717, 1.165) is 22.3 Å². The number of aromatic nitrogens is 4. The number of aromatic amines is 1. The zero-order valence-corrected chi connectivity index (χ0v) is 15.6. The maximum atomic E-state index is 12.3. The van der Waals surface area contributed by atoms with Crippen molar-refractivity contribution in [3.8, 4) is 11.1 Å². The molecule has 8 nitrogen and oxygen atoms in total. The lowest BCUT2D eigenvalue weighted by Gasteiger charge is -2.04. The summed E-state index contributed by atoms with van der Waals surface area (Å²) in [6, 6.07) is 14.2. The zero-order chi connectivity index (χ0) is 19.7. The topological polar surface area (TPSA) is 106 Å². The molecule has 0 aliphatic rings. The molecular formula is C19H15N5O3S. The summed E-state index contributed by atoms with van der Waals surface area (Å²) in [5.74, 6) is 0.519. The molecule has 0 saturated carbocycles. The summed E-state index contributed by atoms with van der Waals surface area (Å²) in [6.07, 6.45) is 1.63. The van der Waals surface area contributed by atoms with Crippen LogP contribution in [0.3, 0.4) is 0 Å². The molecule has 2 aromatic heterocycles. The molecule has 2 heterocycles. The van der Waals surface area contributed by atoms with Crippen LogP contribution in [0.25, 0.3) is 16.8 Å². The molecule has 4 aromatic rings. The molecule has 140 valence electrons. The molecule has 0 spiro atoms. The van der Waals surface area contributed by atoms with E-state index in [9.17, 15) is 14.9 Å². The van der Waals surface area contributed by atoms with Crippen LogP contribution in [-0.2, 0) is 5.75 Å². The van der Waals surface area contributed by atoms with E-state index in [4.69, 9.17) is 0 Å². The molecule has 2 aromatic carbocycles. The van der Waals surface area contributed by atoms with E-state index in [1.165, 1.54) is 28.4 Å².